The maximum absolute atomic E-state index is 3.78. The first-order valence-electron chi connectivity index (χ1n) is 6.32. The maximum atomic E-state index is 3.78. The third-order valence-electron chi connectivity index (χ3n) is 3.52. The van der Waals surface area contributed by atoms with Crippen LogP contribution in [0.25, 0.3) is 0 Å². The van der Waals surface area contributed by atoms with Crippen molar-refractivity contribution in [1.82, 2.24) is 5.32 Å². The van der Waals surface area contributed by atoms with Crippen molar-refractivity contribution in [3.63, 3.8) is 0 Å². The highest BCUT2D eigenvalue weighted by Gasteiger charge is 2.31. The Hall–Kier alpha value is -0.600. The van der Waals surface area contributed by atoms with Crippen molar-refractivity contribution in [1.29, 1.82) is 0 Å². The molecule has 92 valence electrons. The van der Waals surface area contributed by atoms with E-state index in [1.54, 1.807) is 0 Å². The summed E-state index contributed by atoms with van der Waals surface area (Å²) in [4.78, 5) is 0. The van der Waals surface area contributed by atoms with E-state index in [-0.39, 0.29) is 0 Å². The van der Waals surface area contributed by atoms with E-state index in [1.807, 2.05) is 6.08 Å². The molecule has 0 radical (unpaired) electrons. The van der Waals surface area contributed by atoms with Gasteiger partial charge in [-0.3, -0.25) is 0 Å². The van der Waals surface area contributed by atoms with Gasteiger partial charge in [0.05, 0.1) is 0 Å². The van der Waals surface area contributed by atoms with E-state index in [2.05, 4.69) is 59.0 Å². The van der Waals surface area contributed by atoms with Crippen LogP contribution in [-0.2, 0) is 0 Å². The molecular weight excluding hydrogens is 274 g/mol. The molecule has 0 heterocycles. The molecule has 2 rings (SSSR count). The zero-order valence-corrected chi connectivity index (χ0v) is 11.9. The normalized spacial score (nSPS) is 25.1. The lowest BCUT2D eigenvalue weighted by atomic mass is 9.75. The Morgan fingerprint density at radius 1 is 1.47 bits per heavy atom. The minimum absolute atomic E-state index is 0.553. The highest BCUT2D eigenvalue weighted by Crippen LogP contribution is 2.40. The maximum Gasteiger partial charge on any atom is 0.0210 e. The predicted molar refractivity (Wildman–Crippen MR) is 77.3 cm³/mol. The van der Waals surface area contributed by atoms with Gasteiger partial charge in [0, 0.05) is 16.6 Å². The van der Waals surface area contributed by atoms with Gasteiger partial charge in [-0.1, -0.05) is 40.2 Å². The first-order valence-corrected chi connectivity index (χ1v) is 7.11. The molecule has 1 aromatic rings. The largest absolute Gasteiger partial charge is 0.311 e. The van der Waals surface area contributed by atoms with Crippen molar-refractivity contribution in [3.8, 4) is 0 Å². The SMILES string of the molecule is C=CCC(C)NC1CC(c2ccccc2Br)C1. The van der Waals surface area contributed by atoms with Gasteiger partial charge in [-0.15, -0.1) is 6.58 Å². The van der Waals surface area contributed by atoms with Gasteiger partial charge in [0.15, 0.2) is 0 Å². The topological polar surface area (TPSA) is 12.0 Å². The first kappa shape index (κ1) is 12.8. The molecule has 1 aromatic carbocycles. The quantitative estimate of drug-likeness (QED) is 0.801. The molecular formula is C15H20BrN. The number of rotatable bonds is 5. The molecule has 0 saturated heterocycles. The molecule has 1 saturated carbocycles. The number of nitrogens with one attached hydrogen (secondary N) is 1. The minimum atomic E-state index is 0.553. The lowest BCUT2D eigenvalue weighted by Gasteiger charge is -2.38. The molecule has 0 aromatic heterocycles. The molecule has 2 heteroatoms. The summed E-state index contributed by atoms with van der Waals surface area (Å²) < 4.78 is 1.25. The summed E-state index contributed by atoms with van der Waals surface area (Å²) in [6.07, 6.45) is 5.55. The second-order valence-electron chi connectivity index (χ2n) is 4.98. The van der Waals surface area contributed by atoms with E-state index >= 15 is 0 Å². The van der Waals surface area contributed by atoms with Crippen LogP contribution in [0.4, 0.5) is 0 Å². The van der Waals surface area contributed by atoms with Crippen molar-refractivity contribution >= 4 is 15.9 Å². The van der Waals surface area contributed by atoms with Crippen LogP contribution in [-0.4, -0.2) is 12.1 Å². The second-order valence-corrected chi connectivity index (χ2v) is 5.83. The van der Waals surface area contributed by atoms with Crippen molar-refractivity contribution in [2.24, 2.45) is 0 Å². The van der Waals surface area contributed by atoms with Crippen LogP contribution in [0.2, 0.25) is 0 Å². The van der Waals surface area contributed by atoms with E-state index in [0.717, 1.165) is 12.3 Å². The van der Waals surface area contributed by atoms with Crippen LogP contribution >= 0.6 is 15.9 Å². The third-order valence-corrected chi connectivity index (χ3v) is 4.25. The molecule has 1 nitrogen and oxygen atoms in total. The Bertz CT molecular complexity index is 382. The van der Waals surface area contributed by atoms with E-state index in [4.69, 9.17) is 0 Å². The summed E-state index contributed by atoms with van der Waals surface area (Å²) in [5, 5.41) is 3.65. The minimum Gasteiger partial charge on any atom is -0.311 e. The molecule has 1 aliphatic rings. The van der Waals surface area contributed by atoms with Gasteiger partial charge in [-0.2, -0.15) is 0 Å². The summed E-state index contributed by atoms with van der Waals surface area (Å²) in [6.45, 7) is 6.01. The van der Waals surface area contributed by atoms with Gasteiger partial charge in [0.2, 0.25) is 0 Å². The predicted octanol–water partition coefficient (Wildman–Crippen LogP) is 4.25. The molecule has 0 amide bonds. The first-order chi connectivity index (χ1) is 8.20. The zero-order chi connectivity index (χ0) is 12.3. The number of halogens is 1. The van der Waals surface area contributed by atoms with Crippen molar-refractivity contribution < 1.29 is 0 Å². The summed E-state index contributed by atoms with van der Waals surface area (Å²) in [6, 6.07) is 9.81. The molecule has 0 bridgehead atoms. The van der Waals surface area contributed by atoms with Gasteiger partial charge in [-0.25, -0.2) is 0 Å². The second kappa shape index (κ2) is 5.83. The average Bonchev–Trinajstić information content (AvgIpc) is 2.25. The summed E-state index contributed by atoms with van der Waals surface area (Å²) in [5.41, 5.74) is 1.46. The molecule has 1 N–H and O–H groups in total. The Balaban J connectivity index is 1.83. The third kappa shape index (κ3) is 3.20. The Labute approximate surface area is 112 Å². The van der Waals surface area contributed by atoms with E-state index < -0.39 is 0 Å². The molecule has 0 spiro atoms. The smallest absolute Gasteiger partial charge is 0.0210 e. The summed E-state index contributed by atoms with van der Waals surface area (Å²) >= 11 is 3.63. The summed E-state index contributed by atoms with van der Waals surface area (Å²) in [7, 11) is 0. The van der Waals surface area contributed by atoms with Crippen LogP contribution in [0, 0.1) is 0 Å². The van der Waals surface area contributed by atoms with Crippen LogP contribution in [0.3, 0.4) is 0 Å². The Morgan fingerprint density at radius 2 is 2.18 bits per heavy atom. The lowest BCUT2D eigenvalue weighted by Crippen LogP contribution is -2.44. The zero-order valence-electron chi connectivity index (χ0n) is 10.3. The highest BCUT2D eigenvalue weighted by molar-refractivity contribution is 9.10. The molecule has 1 unspecified atom stereocenters. The fourth-order valence-corrected chi connectivity index (χ4v) is 3.14. The fourth-order valence-electron chi connectivity index (χ4n) is 2.53. The van der Waals surface area contributed by atoms with Gasteiger partial charge in [0.25, 0.3) is 0 Å². The Kier molecular flexibility index (Phi) is 4.41. The number of benzene rings is 1. The van der Waals surface area contributed by atoms with E-state index in [9.17, 15) is 0 Å². The van der Waals surface area contributed by atoms with E-state index in [1.165, 1.54) is 22.9 Å². The van der Waals surface area contributed by atoms with Crippen molar-refractivity contribution in [2.45, 2.75) is 44.2 Å². The fraction of sp³-hybridized carbons (Fsp3) is 0.467. The van der Waals surface area contributed by atoms with Crippen LogP contribution in [0.5, 0.6) is 0 Å². The van der Waals surface area contributed by atoms with Crippen LogP contribution in [0.15, 0.2) is 41.4 Å². The van der Waals surface area contributed by atoms with Gasteiger partial charge < -0.3 is 5.32 Å². The standard InChI is InChI=1S/C15H20BrN/c1-3-6-11(2)17-13-9-12(10-13)14-7-4-5-8-15(14)16/h3-5,7-8,11-13,17H,1,6,9-10H2,2H3. The van der Waals surface area contributed by atoms with Gasteiger partial charge in [-0.05, 0) is 43.7 Å². The van der Waals surface area contributed by atoms with Crippen molar-refractivity contribution in [3.05, 3.63) is 47.0 Å². The van der Waals surface area contributed by atoms with Crippen molar-refractivity contribution in [2.75, 3.05) is 0 Å². The van der Waals surface area contributed by atoms with Crippen LogP contribution in [0.1, 0.15) is 37.7 Å². The van der Waals surface area contributed by atoms with Gasteiger partial charge >= 0.3 is 0 Å². The molecule has 1 atom stereocenters. The average molecular weight is 294 g/mol. The Morgan fingerprint density at radius 3 is 2.82 bits per heavy atom. The number of hydrogen-bond acceptors (Lipinski definition) is 1. The van der Waals surface area contributed by atoms with Gasteiger partial charge in [0.1, 0.15) is 0 Å². The molecule has 1 aliphatic carbocycles. The number of hydrogen-bond donors (Lipinski definition) is 1. The van der Waals surface area contributed by atoms with Crippen LogP contribution < -0.4 is 5.32 Å². The van der Waals surface area contributed by atoms with E-state index in [0.29, 0.717) is 12.1 Å². The molecule has 1 fully saturated rings. The summed E-state index contributed by atoms with van der Waals surface area (Å²) in [5.74, 6) is 0.721. The molecule has 17 heavy (non-hydrogen) atoms. The molecule has 0 aliphatic heterocycles. The lowest BCUT2D eigenvalue weighted by molar-refractivity contribution is 0.269. The monoisotopic (exact) mass is 293 g/mol. The highest BCUT2D eigenvalue weighted by atomic mass is 79.9.